The molecule has 0 aromatic heterocycles. The van der Waals surface area contributed by atoms with Crippen molar-refractivity contribution in [3.8, 4) is 0 Å². The van der Waals surface area contributed by atoms with Gasteiger partial charge in [0.25, 0.3) is 0 Å². The minimum Gasteiger partial charge on any atom is -0.459 e. The molecule has 4 aliphatic heterocycles. The lowest BCUT2D eigenvalue weighted by atomic mass is 9.75. The van der Waals surface area contributed by atoms with Crippen molar-refractivity contribution >= 4 is 17.8 Å². The second kappa shape index (κ2) is 17.1. The quantitative estimate of drug-likeness (QED) is 0.283. The molecule has 5 N–H and O–H groups in total. The highest BCUT2D eigenvalue weighted by Crippen LogP contribution is 2.45. The molecular formula is C40H64N4O10. The molecule has 5 rings (SSSR count). The standard InChI is InChI=1S/C40H64N4O10/c1-11-30-40(8)34(41)23(4)32(53-40)21(2)19-39(7,48)35(52-37-31(45)29(44(9)10)17-22(3)49-37)24(5)33(25(6)36(46)50-30)51-38(47)42-20-27-18-28(43-54-27)26-15-13-12-14-16-26/h12-16,21-25,27,29-35,37,45,48H,11,17-20,41H2,1-10H3,(H,42,47)/t21-,22-,23+,24+,25-,27?,29+,30-,31-,32-,33+,34+,35-,37+,39+,40?/m1/s1. The van der Waals surface area contributed by atoms with Crippen LogP contribution < -0.4 is 11.1 Å². The van der Waals surface area contributed by atoms with Gasteiger partial charge < -0.3 is 54.7 Å². The van der Waals surface area contributed by atoms with Gasteiger partial charge in [-0.05, 0) is 72.5 Å². The van der Waals surface area contributed by atoms with Gasteiger partial charge in [-0.2, -0.15) is 0 Å². The number of hydrogen-bond donors (Lipinski definition) is 4. The summed E-state index contributed by atoms with van der Waals surface area (Å²) in [6.07, 6.45) is -5.22. The van der Waals surface area contributed by atoms with Gasteiger partial charge in [0.2, 0.25) is 0 Å². The lowest BCUT2D eigenvalue weighted by Crippen LogP contribution is -2.59. The van der Waals surface area contributed by atoms with Crippen molar-refractivity contribution in [1.82, 2.24) is 10.2 Å². The van der Waals surface area contributed by atoms with Crippen molar-refractivity contribution < 1.29 is 48.3 Å². The fourth-order valence-electron chi connectivity index (χ4n) is 9.18. The molecule has 0 radical (unpaired) electrons. The second-order valence-electron chi connectivity index (χ2n) is 16.9. The number of ether oxygens (including phenoxy) is 5. The maximum absolute atomic E-state index is 14.2. The smallest absolute Gasteiger partial charge is 0.407 e. The second-order valence-corrected chi connectivity index (χ2v) is 16.9. The first-order valence-corrected chi connectivity index (χ1v) is 19.6. The number of carbonyl (C=O) groups is 2. The maximum Gasteiger partial charge on any atom is 0.407 e. The van der Waals surface area contributed by atoms with Crippen molar-refractivity contribution in [1.29, 1.82) is 0 Å². The Morgan fingerprint density at radius 3 is 2.44 bits per heavy atom. The summed E-state index contributed by atoms with van der Waals surface area (Å²) in [5.74, 6) is -2.78. The van der Waals surface area contributed by atoms with Gasteiger partial charge in [0.1, 0.15) is 23.9 Å². The van der Waals surface area contributed by atoms with Gasteiger partial charge in [-0.1, -0.05) is 63.2 Å². The highest BCUT2D eigenvalue weighted by atomic mass is 16.7. The number of fused-ring (bicyclic) bond motifs is 2. The fourth-order valence-corrected chi connectivity index (χ4v) is 9.18. The van der Waals surface area contributed by atoms with Gasteiger partial charge in [0.15, 0.2) is 12.4 Å². The van der Waals surface area contributed by atoms with Crippen molar-refractivity contribution in [3.05, 3.63) is 35.9 Å². The Balaban J connectivity index is 1.45. The molecule has 0 saturated carbocycles. The largest absolute Gasteiger partial charge is 0.459 e. The molecule has 3 fully saturated rings. The molecule has 2 bridgehead atoms. The van der Waals surface area contributed by atoms with Crippen LogP contribution in [0.2, 0.25) is 0 Å². The summed E-state index contributed by atoms with van der Waals surface area (Å²) in [5.41, 5.74) is 5.95. The molecule has 1 aromatic rings. The van der Waals surface area contributed by atoms with Crippen LogP contribution in [0.3, 0.4) is 0 Å². The third-order valence-corrected chi connectivity index (χ3v) is 12.3. The Bertz CT molecular complexity index is 1460. The Kier molecular flexibility index (Phi) is 13.4. The number of hydrogen-bond acceptors (Lipinski definition) is 13. The van der Waals surface area contributed by atoms with Crippen LogP contribution in [0.25, 0.3) is 0 Å². The molecular weight excluding hydrogens is 696 g/mol. The Morgan fingerprint density at radius 1 is 1.11 bits per heavy atom. The van der Waals surface area contributed by atoms with Gasteiger partial charge in [0.05, 0.1) is 42.1 Å². The van der Waals surface area contributed by atoms with Crippen LogP contribution in [0.4, 0.5) is 4.79 Å². The van der Waals surface area contributed by atoms with E-state index in [1.807, 2.05) is 83.9 Å². The number of nitrogens with two attached hydrogens (primary N) is 1. The molecule has 14 heteroatoms. The van der Waals surface area contributed by atoms with Crippen LogP contribution >= 0.6 is 0 Å². The first-order valence-electron chi connectivity index (χ1n) is 19.6. The van der Waals surface area contributed by atoms with Gasteiger partial charge in [-0.25, -0.2) is 4.79 Å². The number of rotatable bonds is 8. The van der Waals surface area contributed by atoms with Crippen molar-refractivity contribution in [2.75, 3.05) is 20.6 Å². The number of amides is 1. The Labute approximate surface area is 320 Å². The highest BCUT2D eigenvalue weighted by Gasteiger charge is 2.57. The van der Waals surface area contributed by atoms with E-state index in [1.54, 1.807) is 20.8 Å². The van der Waals surface area contributed by atoms with E-state index >= 15 is 0 Å². The number of aliphatic hydroxyl groups excluding tert-OH is 1. The van der Waals surface area contributed by atoms with Gasteiger partial charge in [-0.15, -0.1) is 0 Å². The number of likely N-dealkylation sites (N-methyl/N-ethyl adjacent to an activating group) is 1. The average Bonchev–Trinajstić information content (AvgIpc) is 3.70. The van der Waals surface area contributed by atoms with E-state index in [2.05, 4.69) is 10.5 Å². The molecule has 54 heavy (non-hydrogen) atoms. The van der Waals surface area contributed by atoms with Crippen molar-refractivity contribution in [3.63, 3.8) is 0 Å². The van der Waals surface area contributed by atoms with E-state index in [-0.39, 0.29) is 43.1 Å². The number of benzene rings is 1. The van der Waals surface area contributed by atoms with E-state index in [1.165, 1.54) is 0 Å². The molecule has 1 aromatic carbocycles. The van der Waals surface area contributed by atoms with Gasteiger partial charge in [-0.3, -0.25) is 4.79 Å². The molecule has 2 unspecified atom stereocenters. The van der Waals surface area contributed by atoms with E-state index in [9.17, 15) is 19.8 Å². The van der Waals surface area contributed by atoms with Gasteiger partial charge >= 0.3 is 12.1 Å². The molecule has 4 heterocycles. The topological polar surface area (TPSA) is 184 Å². The van der Waals surface area contributed by atoms with Crippen LogP contribution in [0, 0.1) is 23.7 Å². The van der Waals surface area contributed by atoms with E-state index in [4.69, 9.17) is 34.3 Å². The predicted molar refractivity (Wildman–Crippen MR) is 201 cm³/mol. The number of nitrogens with zero attached hydrogens (tertiary/aromatic N) is 2. The molecule has 4 aliphatic rings. The van der Waals surface area contributed by atoms with Crippen molar-refractivity contribution in [2.45, 2.75) is 153 Å². The monoisotopic (exact) mass is 760 g/mol. The summed E-state index contributed by atoms with van der Waals surface area (Å²) in [4.78, 5) is 35.3. The normalized spacial score (nSPS) is 43.2. The summed E-state index contributed by atoms with van der Waals surface area (Å²) in [6.45, 7) is 14.9. The number of cyclic esters (lactones) is 1. The minimum atomic E-state index is -1.59. The average molecular weight is 761 g/mol. The summed E-state index contributed by atoms with van der Waals surface area (Å²) in [6, 6.07) is 8.92. The van der Waals surface area contributed by atoms with Crippen LogP contribution in [0.1, 0.15) is 86.6 Å². The summed E-state index contributed by atoms with van der Waals surface area (Å²) < 4.78 is 31.9. The van der Waals surface area contributed by atoms with Crippen LogP contribution in [0.5, 0.6) is 0 Å². The van der Waals surface area contributed by atoms with E-state index in [0.717, 1.165) is 11.3 Å². The zero-order chi connectivity index (χ0) is 39.7. The number of nitrogens with one attached hydrogen (secondary N) is 1. The van der Waals surface area contributed by atoms with Crippen LogP contribution in [-0.4, -0.2) is 126 Å². The van der Waals surface area contributed by atoms with E-state index in [0.29, 0.717) is 19.3 Å². The third kappa shape index (κ3) is 8.90. The number of esters is 1. The molecule has 14 nitrogen and oxygen atoms in total. The molecule has 304 valence electrons. The summed E-state index contributed by atoms with van der Waals surface area (Å²) in [5, 5.41) is 31.0. The first-order chi connectivity index (χ1) is 25.4. The maximum atomic E-state index is 14.2. The first kappa shape index (κ1) is 42.3. The predicted octanol–water partition coefficient (Wildman–Crippen LogP) is 3.59. The van der Waals surface area contributed by atoms with Crippen LogP contribution in [0.15, 0.2) is 35.5 Å². The minimum absolute atomic E-state index is 0.102. The van der Waals surface area contributed by atoms with E-state index < -0.39 is 78.0 Å². The van der Waals surface area contributed by atoms with Crippen molar-refractivity contribution in [2.24, 2.45) is 34.6 Å². The Morgan fingerprint density at radius 2 is 1.80 bits per heavy atom. The third-order valence-electron chi connectivity index (χ3n) is 12.3. The fraction of sp³-hybridized carbons (Fsp3) is 0.775. The SMILES string of the molecule is CC[C@H]1OC(=O)[C@H](C)[C@@H](OC(=O)NCC2CC(c3ccccc3)=NO2)[C@H](C)[C@@H](O[C@@H]2O[C@H](C)C[C@H](N(C)C)[C@H]2O)[C@@](C)(O)C[C@@H](C)[C@H]2OC1(C)[C@@H](N)[C@H]2C. The Hall–Kier alpha value is -2.85. The summed E-state index contributed by atoms with van der Waals surface area (Å²) >= 11 is 0. The van der Waals surface area contributed by atoms with Gasteiger partial charge in [0, 0.05) is 30.3 Å². The summed E-state index contributed by atoms with van der Waals surface area (Å²) in [7, 11) is 3.77. The number of oxime groups is 1. The lowest BCUT2D eigenvalue weighted by molar-refractivity contribution is -0.299. The molecule has 1 amide bonds. The number of alkyl carbamates (subject to hydrolysis) is 1. The van der Waals surface area contributed by atoms with Crippen LogP contribution in [-0.2, 0) is 33.3 Å². The molecule has 0 aliphatic carbocycles. The lowest BCUT2D eigenvalue weighted by Gasteiger charge is -2.47. The zero-order valence-corrected chi connectivity index (χ0v) is 33.6. The number of carbonyl (C=O) groups excluding carboxylic acids is 2. The zero-order valence-electron chi connectivity index (χ0n) is 33.6. The molecule has 3 saturated heterocycles. The molecule has 16 atom stereocenters. The molecule has 0 spiro atoms. The highest BCUT2D eigenvalue weighted by molar-refractivity contribution is 6.01. The number of aliphatic hydroxyl groups is 2.